The molecule has 5 nitrogen and oxygen atoms in total. The second-order valence-electron chi connectivity index (χ2n) is 7.60. The first kappa shape index (κ1) is 20.1. The molecule has 0 unspecified atom stereocenters. The molecule has 0 spiro atoms. The van der Waals surface area contributed by atoms with Crippen molar-refractivity contribution in [2.24, 2.45) is 0 Å². The lowest BCUT2D eigenvalue weighted by atomic mass is 10.2. The molecule has 0 heterocycles. The zero-order chi connectivity index (χ0) is 16.4. The quantitative estimate of drug-likeness (QED) is 0.584. The molecule has 0 aromatic rings. The number of hydrogen-bond acceptors (Lipinski definition) is 4. The van der Waals surface area contributed by atoms with E-state index >= 15 is 0 Å². The van der Waals surface area contributed by atoms with Gasteiger partial charge < -0.3 is 0 Å². The average molecular weight is 308 g/mol. The fourth-order valence-corrected chi connectivity index (χ4v) is 4.05. The smallest absolute Gasteiger partial charge is 0.290 e. The summed E-state index contributed by atoms with van der Waals surface area (Å²) >= 11 is 0. The van der Waals surface area contributed by atoms with Crippen LogP contribution in [0, 0.1) is 0 Å². The van der Waals surface area contributed by atoms with Gasteiger partial charge in [0, 0.05) is 12.1 Å². The standard InChI is InChI=1S/C14H33N2O3P/c1-11(2)16(12(3)4)15-20(17,18-13(5,6)7)19-14(8,9)10/h11-12H,1-10H3,(H,15,17). The summed E-state index contributed by atoms with van der Waals surface area (Å²) in [7, 11) is -3.45. The van der Waals surface area contributed by atoms with E-state index in [2.05, 4.69) is 5.20 Å². The Morgan fingerprint density at radius 1 is 0.850 bits per heavy atom. The largest absolute Gasteiger partial charge is 0.420 e. The Morgan fingerprint density at radius 3 is 1.35 bits per heavy atom. The number of nitrogens with one attached hydrogen (secondary N) is 1. The summed E-state index contributed by atoms with van der Waals surface area (Å²) in [5, 5.41) is 4.89. The van der Waals surface area contributed by atoms with Crippen molar-refractivity contribution >= 4 is 7.75 Å². The first-order chi connectivity index (χ1) is 8.65. The highest BCUT2D eigenvalue weighted by Gasteiger charge is 2.38. The Labute approximate surface area is 125 Å². The Kier molecular flexibility index (Phi) is 6.91. The van der Waals surface area contributed by atoms with Gasteiger partial charge in [0.1, 0.15) is 0 Å². The van der Waals surface area contributed by atoms with Crippen LogP contribution in [0.25, 0.3) is 0 Å². The minimum atomic E-state index is -3.45. The van der Waals surface area contributed by atoms with Gasteiger partial charge in [-0.05, 0) is 69.2 Å². The van der Waals surface area contributed by atoms with Gasteiger partial charge >= 0.3 is 7.75 Å². The third kappa shape index (κ3) is 8.38. The summed E-state index contributed by atoms with van der Waals surface area (Å²) in [6.07, 6.45) is 0. The monoisotopic (exact) mass is 308 g/mol. The fourth-order valence-electron chi connectivity index (χ4n) is 1.75. The molecule has 6 heteroatoms. The van der Waals surface area contributed by atoms with Gasteiger partial charge in [0.05, 0.1) is 11.2 Å². The number of nitrogens with zero attached hydrogens (tertiary/aromatic N) is 1. The van der Waals surface area contributed by atoms with Crippen LogP contribution in [0.4, 0.5) is 0 Å². The molecule has 0 atom stereocenters. The van der Waals surface area contributed by atoms with E-state index in [9.17, 15) is 4.57 Å². The SMILES string of the molecule is CC(C)N(NP(=O)(OC(C)(C)C)OC(C)(C)C)C(C)C. The Balaban J connectivity index is 5.27. The van der Waals surface area contributed by atoms with Gasteiger partial charge in [-0.15, -0.1) is 0 Å². The maximum absolute atomic E-state index is 13.1. The van der Waals surface area contributed by atoms with Crippen LogP contribution in [-0.2, 0) is 13.6 Å². The van der Waals surface area contributed by atoms with Crippen molar-refractivity contribution in [2.75, 3.05) is 0 Å². The first-order valence-electron chi connectivity index (χ1n) is 7.23. The molecule has 0 saturated carbocycles. The number of rotatable bonds is 6. The first-order valence-corrected chi connectivity index (χ1v) is 8.77. The van der Waals surface area contributed by atoms with Gasteiger partial charge in [-0.3, -0.25) is 9.05 Å². The third-order valence-corrected chi connectivity index (χ3v) is 4.19. The van der Waals surface area contributed by atoms with Crippen molar-refractivity contribution in [2.45, 2.75) is 92.5 Å². The van der Waals surface area contributed by atoms with Crippen LogP contribution >= 0.6 is 7.75 Å². The van der Waals surface area contributed by atoms with E-state index < -0.39 is 18.9 Å². The summed E-state index contributed by atoms with van der Waals surface area (Å²) in [5.41, 5.74) is -1.12. The molecule has 0 aliphatic heterocycles. The van der Waals surface area contributed by atoms with Gasteiger partial charge in [0.25, 0.3) is 0 Å². The van der Waals surface area contributed by atoms with Crippen LogP contribution in [0.1, 0.15) is 69.2 Å². The zero-order valence-corrected chi connectivity index (χ0v) is 15.7. The van der Waals surface area contributed by atoms with Crippen LogP contribution in [-0.4, -0.2) is 28.3 Å². The van der Waals surface area contributed by atoms with E-state index in [1.165, 1.54) is 0 Å². The van der Waals surface area contributed by atoms with E-state index in [0.717, 1.165) is 0 Å². The molecular weight excluding hydrogens is 275 g/mol. The molecular formula is C14H33N2O3P. The molecule has 1 N–H and O–H groups in total. The summed E-state index contributed by atoms with van der Waals surface area (Å²) in [6, 6.07) is 0.353. The average Bonchev–Trinajstić information content (AvgIpc) is 2.06. The van der Waals surface area contributed by atoms with Gasteiger partial charge in [-0.25, -0.2) is 9.57 Å². The second kappa shape index (κ2) is 6.89. The van der Waals surface area contributed by atoms with Crippen molar-refractivity contribution < 1.29 is 13.6 Å². The molecule has 0 bridgehead atoms. The molecule has 0 saturated heterocycles. The second-order valence-corrected chi connectivity index (χ2v) is 9.16. The number of hydrogen-bond donors (Lipinski definition) is 1. The molecule has 0 aromatic heterocycles. The summed E-state index contributed by atoms with van der Waals surface area (Å²) in [6.45, 7) is 19.3. The Hall–Kier alpha value is 0.0700. The van der Waals surface area contributed by atoms with E-state index in [0.29, 0.717) is 0 Å². The highest BCUT2D eigenvalue weighted by molar-refractivity contribution is 7.51. The summed E-state index contributed by atoms with van der Waals surface area (Å²) in [4.78, 5) is 0. The van der Waals surface area contributed by atoms with Crippen molar-refractivity contribution in [1.29, 1.82) is 0 Å². The van der Waals surface area contributed by atoms with E-state index in [4.69, 9.17) is 9.05 Å². The highest BCUT2D eigenvalue weighted by Crippen LogP contribution is 2.51. The molecule has 0 aliphatic rings. The lowest BCUT2D eigenvalue weighted by Gasteiger charge is -2.38. The maximum Gasteiger partial charge on any atom is 0.420 e. The summed E-state index contributed by atoms with van der Waals surface area (Å²) < 4.78 is 24.5. The molecule has 20 heavy (non-hydrogen) atoms. The minimum Gasteiger partial charge on any atom is -0.290 e. The van der Waals surface area contributed by atoms with Gasteiger partial charge in [-0.1, -0.05) is 0 Å². The third-order valence-electron chi connectivity index (χ3n) is 2.14. The van der Waals surface area contributed by atoms with E-state index in [-0.39, 0.29) is 12.1 Å². The highest BCUT2D eigenvalue weighted by atomic mass is 31.2. The van der Waals surface area contributed by atoms with E-state index in [1.807, 2.05) is 74.2 Å². The molecule has 0 rings (SSSR count). The van der Waals surface area contributed by atoms with Crippen molar-refractivity contribution in [3.05, 3.63) is 0 Å². The molecule has 122 valence electrons. The van der Waals surface area contributed by atoms with Gasteiger partial charge in [-0.2, -0.15) is 5.20 Å². The molecule has 0 aromatic carbocycles. The normalized spacial score (nSPS) is 14.7. The predicted octanol–water partition coefficient (Wildman–Crippen LogP) is 4.35. The molecule has 0 amide bonds. The number of hydrazine groups is 1. The lowest BCUT2D eigenvalue weighted by molar-refractivity contribution is 0.0211. The van der Waals surface area contributed by atoms with Crippen LogP contribution in [0.3, 0.4) is 0 Å². The van der Waals surface area contributed by atoms with Crippen molar-refractivity contribution in [1.82, 2.24) is 10.2 Å². The van der Waals surface area contributed by atoms with Crippen molar-refractivity contribution in [3.63, 3.8) is 0 Å². The van der Waals surface area contributed by atoms with Crippen LogP contribution < -0.4 is 5.20 Å². The van der Waals surface area contributed by atoms with E-state index in [1.54, 1.807) is 0 Å². The molecule has 0 radical (unpaired) electrons. The topological polar surface area (TPSA) is 50.8 Å². The van der Waals surface area contributed by atoms with Gasteiger partial charge in [0.15, 0.2) is 0 Å². The van der Waals surface area contributed by atoms with Gasteiger partial charge in [0.2, 0.25) is 0 Å². The molecule has 0 fully saturated rings. The van der Waals surface area contributed by atoms with Crippen LogP contribution in [0.15, 0.2) is 0 Å². The Morgan fingerprint density at radius 2 is 1.15 bits per heavy atom. The van der Waals surface area contributed by atoms with Crippen LogP contribution in [0.5, 0.6) is 0 Å². The maximum atomic E-state index is 13.1. The zero-order valence-electron chi connectivity index (χ0n) is 14.8. The van der Waals surface area contributed by atoms with Crippen LogP contribution in [0.2, 0.25) is 0 Å². The predicted molar refractivity (Wildman–Crippen MR) is 84.5 cm³/mol. The summed E-state index contributed by atoms with van der Waals surface area (Å²) in [5.74, 6) is 0. The Bertz CT molecular complexity index is 315. The lowest BCUT2D eigenvalue weighted by Crippen LogP contribution is -2.47. The minimum absolute atomic E-state index is 0.176. The fraction of sp³-hybridized carbons (Fsp3) is 1.00. The van der Waals surface area contributed by atoms with Crippen molar-refractivity contribution in [3.8, 4) is 0 Å². The molecule has 0 aliphatic carbocycles.